The van der Waals surface area contributed by atoms with E-state index in [9.17, 15) is 9.18 Å². The summed E-state index contributed by atoms with van der Waals surface area (Å²) < 4.78 is 13.3. The highest BCUT2D eigenvalue weighted by molar-refractivity contribution is 5.66. The van der Waals surface area contributed by atoms with Crippen molar-refractivity contribution in [1.29, 1.82) is 0 Å². The number of carboxylic acids is 1. The van der Waals surface area contributed by atoms with E-state index in [1.54, 1.807) is 12.1 Å². The van der Waals surface area contributed by atoms with Crippen molar-refractivity contribution >= 4 is 5.97 Å². The third-order valence-electron chi connectivity index (χ3n) is 3.61. The Kier molecular flexibility index (Phi) is 3.97. The van der Waals surface area contributed by atoms with Crippen molar-refractivity contribution in [2.24, 2.45) is 5.92 Å². The van der Waals surface area contributed by atoms with Gasteiger partial charge >= 0.3 is 5.97 Å². The van der Waals surface area contributed by atoms with Crippen LogP contribution >= 0.6 is 0 Å². The zero-order valence-electron chi connectivity index (χ0n) is 10.5. The molecule has 1 aliphatic heterocycles. The molecule has 0 bridgehead atoms. The summed E-state index contributed by atoms with van der Waals surface area (Å²) >= 11 is 0. The molecule has 1 aromatic rings. The minimum absolute atomic E-state index is 0.137. The molecule has 2 rings (SSSR count). The number of carbonyl (C=O) groups is 1. The molecule has 0 radical (unpaired) electrons. The molecule has 1 N–H and O–H groups in total. The Balaban J connectivity index is 2.14. The molecule has 18 heavy (non-hydrogen) atoms. The van der Waals surface area contributed by atoms with Gasteiger partial charge < -0.3 is 5.11 Å². The van der Waals surface area contributed by atoms with Gasteiger partial charge in [-0.2, -0.15) is 0 Å². The summed E-state index contributed by atoms with van der Waals surface area (Å²) in [5.74, 6) is -0.585. The maximum Gasteiger partial charge on any atom is 0.304 e. The lowest BCUT2D eigenvalue weighted by Crippen LogP contribution is -2.27. The summed E-state index contributed by atoms with van der Waals surface area (Å²) in [5, 5.41) is 8.75. The topological polar surface area (TPSA) is 40.5 Å². The van der Waals surface area contributed by atoms with Crippen LogP contribution < -0.4 is 0 Å². The Morgan fingerprint density at radius 3 is 3.00 bits per heavy atom. The predicted octanol–water partition coefficient (Wildman–Crippen LogP) is 2.68. The van der Waals surface area contributed by atoms with Crippen LogP contribution in [-0.4, -0.2) is 29.1 Å². The maximum absolute atomic E-state index is 13.3. The van der Waals surface area contributed by atoms with Crippen molar-refractivity contribution in [3.63, 3.8) is 0 Å². The Morgan fingerprint density at radius 1 is 1.56 bits per heavy atom. The lowest BCUT2D eigenvalue weighted by molar-refractivity contribution is -0.137. The Hall–Kier alpha value is -1.42. The fourth-order valence-corrected chi connectivity index (χ4v) is 2.75. The second-order valence-corrected chi connectivity index (χ2v) is 4.95. The van der Waals surface area contributed by atoms with Crippen LogP contribution in [-0.2, 0) is 4.79 Å². The molecule has 1 fully saturated rings. The van der Waals surface area contributed by atoms with E-state index in [4.69, 9.17) is 5.11 Å². The average Bonchev–Trinajstić information content (AvgIpc) is 2.68. The van der Waals surface area contributed by atoms with E-state index in [1.165, 1.54) is 6.07 Å². The molecular formula is C14H18FNO2. The first kappa shape index (κ1) is 13.0. The molecule has 0 aliphatic carbocycles. The van der Waals surface area contributed by atoms with Gasteiger partial charge in [-0.1, -0.05) is 19.1 Å². The second-order valence-electron chi connectivity index (χ2n) is 4.95. The maximum atomic E-state index is 13.3. The van der Waals surface area contributed by atoms with Crippen LogP contribution in [0.4, 0.5) is 4.39 Å². The van der Waals surface area contributed by atoms with E-state index < -0.39 is 5.97 Å². The molecule has 4 heteroatoms. The number of carboxylic acid groups (broad SMARTS) is 1. The molecule has 0 amide bonds. The lowest BCUT2D eigenvalue weighted by Gasteiger charge is -2.26. The SMILES string of the molecule is C[C@@H]1CCN(CCC(=O)O)[C@H]1c1cccc(F)c1. The largest absolute Gasteiger partial charge is 0.481 e. The van der Waals surface area contributed by atoms with Crippen molar-refractivity contribution in [2.75, 3.05) is 13.1 Å². The van der Waals surface area contributed by atoms with Gasteiger partial charge in [-0.3, -0.25) is 9.69 Å². The van der Waals surface area contributed by atoms with E-state index >= 15 is 0 Å². The molecule has 1 aliphatic rings. The van der Waals surface area contributed by atoms with E-state index in [-0.39, 0.29) is 18.3 Å². The van der Waals surface area contributed by atoms with Crippen molar-refractivity contribution in [1.82, 2.24) is 4.90 Å². The minimum Gasteiger partial charge on any atom is -0.481 e. The average molecular weight is 251 g/mol. The van der Waals surface area contributed by atoms with Crippen LogP contribution in [0, 0.1) is 11.7 Å². The minimum atomic E-state index is -0.785. The van der Waals surface area contributed by atoms with Crippen LogP contribution in [0.15, 0.2) is 24.3 Å². The summed E-state index contributed by atoms with van der Waals surface area (Å²) in [6, 6.07) is 6.76. The van der Waals surface area contributed by atoms with Gasteiger partial charge in [-0.25, -0.2) is 4.39 Å². The molecule has 1 saturated heterocycles. The lowest BCUT2D eigenvalue weighted by atomic mass is 9.95. The smallest absolute Gasteiger partial charge is 0.304 e. The quantitative estimate of drug-likeness (QED) is 0.894. The first-order valence-electron chi connectivity index (χ1n) is 6.29. The van der Waals surface area contributed by atoms with Gasteiger partial charge in [0.25, 0.3) is 0 Å². The van der Waals surface area contributed by atoms with Crippen LogP contribution in [0.25, 0.3) is 0 Å². The van der Waals surface area contributed by atoms with Crippen LogP contribution in [0.2, 0.25) is 0 Å². The van der Waals surface area contributed by atoms with E-state index in [2.05, 4.69) is 11.8 Å². The fourth-order valence-electron chi connectivity index (χ4n) is 2.75. The Labute approximate surface area is 106 Å². The number of benzene rings is 1. The molecule has 0 spiro atoms. The number of aliphatic carboxylic acids is 1. The first-order chi connectivity index (χ1) is 8.58. The van der Waals surface area contributed by atoms with Crippen LogP contribution in [0.1, 0.15) is 31.4 Å². The third-order valence-corrected chi connectivity index (χ3v) is 3.61. The molecule has 0 unspecified atom stereocenters. The first-order valence-corrected chi connectivity index (χ1v) is 6.29. The highest BCUT2D eigenvalue weighted by Gasteiger charge is 2.32. The van der Waals surface area contributed by atoms with Crippen LogP contribution in [0.5, 0.6) is 0 Å². The van der Waals surface area contributed by atoms with Gasteiger partial charge in [-0.05, 0) is 36.6 Å². The van der Waals surface area contributed by atoms with Crippen molar-refractivity contribution < 1.29 is 14.3 Å². The molecule has 0 saturated carbocycles. The Bertz CT molecular complexity index is 436. The van der Waals surface area contributed by atoms with Gasteiger partial charge in [0.05, 0.1) is 6.42 Å². The number of rotatable bonds is 4. The van der Waals surface area contributed by atoms with Gasteiger partial charge in [0.1, 0.15) is 5.82 Å². The van der Waals surface area contributed by atoms with Gasteiger partial charge in [-0.15, -0.1) is 0 Å². The summed E-state index contributed by atoms with van der Waals surface area (Å²) in [5.41, 5.74) is 0.949. The standard InChI is InChI=1S/C14H18FNO2/c1-10-5-7-16(8-6-13(17)18)14(10)11-3-2-4-12(15)9-11/h2-4,9-10,14H,5-8H2,1H3,(H,17,18)/t10-,14-/m1/s1. The van der Waals surface area contributed by atoms with Crippen molar-refractivity contribution in [2.45, 2.75) is 25.8 Å². The van der Waals surface area contributed by atoms with E-state index in [0.29, 0.717) is 12.5 Å². The molecule has 1 heterocycles. The highest BCUT2D eigenvalue weighted by atomic mass is 19.1. The van der Waals surface area contributed by atoms with Crippen molar-refractivity contribution in [3.8, 4) is 0 Å². The molecule has 98 valence electrons. The summed E-state index contributed by atoms with van der Waals surface area (Å²) in [7, 11) is 0. The van der Waals surface area contributed by atoms with E-state index in [1.807, 2.05) is 6.07 Å². The predicted molar refractivity (Wildman–Crippen MR) is 66.7 cm³/mol. The normalized spacial score (nSPS) is 24.3. The second kappa shape index (κ2) is 5.48. The molecular weight excluding hydrogens is 233 g/mol. The third kappa shape index (κ3) is 2.88. The summed E-state index contributed by atoms with van der Waals surface area (Å²) in [6.07, 6.45) is 1.17. The highest BCUT2D eigenvalue weighted by Crippen LogP contribution is 2.36. The van der Waals surface area contributed by atoms with Gasteiger partial charge in [0.15, 0.2) is 0 Å². The number of nitrogens with zero attached hydrogens (tertiary/aromatic N) is 1. The van der Waals surface area contributed by atoms with E-state index in [0.717, 1.165) is 18.5 Å². The van der Waals surface area contributed by atoms with Gasteiger partial charge in [0, 0.05) is 12.6 Å². The number of likely N-dealkylation sites (tertiary alicyclic amines) is 1. The van der Waals surface area contributed by atoms with Gasteiger partial charge in [0.2, 0.25) is 0 Å². The zero-order chi connectivity index (χ0) is 13.1. The summed E-state index contributed by atoms with van der Waals surface area (Å²) in [6.45, 7) is 3.55. The molecule has 0 aromatic heterocycles. The zero-order valence-corrected chi connectivity index (χ0v) is 10.5. The number of hydrogen-bond donors (Lipinski definition) is 1. The Morgan fingerprint density at radius 2 is 2.33 bits per heavy atom. The molecule has 2 atom stereocenters. The number of halogens is 1. The fraction of sp³-hybridized carbons (Fsp3) is 0.500. The van der Waals surface area contributed by atoms with Crippen molar-refractivity contribution in [3.05, 3.63) is 35.6 Å². The molecule has 1 aromatic carbocycles. The molecule has 3 nitrogen and oxygen atoms in total. The van der Waals surface area contributed by atoms with Crippen LogP contribution in [0.3, 0.4) is 0 Å². The number of hydrogen-bond acceptors (Lipinski definition) is 2. The summed E-state index contributed by atoms with van der Waals surface area (Å²) in [4.78, 5) is 12.8. The monoisotopic (exact) mass is 251 g/mol.